The fourth-order valence-corrected chi connectivity index (χ4v) is 1.90. The second-order valence-electron chi connectivity index (χ2n) is 5.86. The third-order valence-corrected chi connectivity index (χ3v) is 2.90. The van der Waals surface area contributed by atoms with Gasteiger partial charge in [0.15, 0.2) is 0 Å². The lowest BCUT2D eigenvalue weighted by Gasteiger charge is -2.40. The molecule has 1 fully saturated rings. The summed E-state index contributed by atoms with van der Waals surface area (Å²) in [5, 5.41) is 3.38. The molecule has 0 unspecified atom stereocenters. The number of ether oxygens (including phenoxy) is 1. The summed E-state index contributed by atoms with van der Waals surface area (Å²) in [7, 11) is 0. The molecule has 1 N–H and O–H groups in total. The summed E-state index contributed by atoms with van der Waals surface area (Å²) in [4.78, 5) is 17.7. The van der Waals surface area contributed by atoms with Crippen molar-refractivity contribution in [2.24, 2.45) is 0 Å². The Hall–Kier alpha value is -1.78. The van der Waals surface area contributed by atoms with Crippen LogP contribution >= 0.6 is 0 Å². The number of nitrogens with zero attached hydrogens (tertiary/aromatic N) is 2. The van der Waals surface area contributed by atoms with Gasteiger partial charge < -0.3 is 15.0 Å². The minimum Gasteiger partial charge on any atom is -0.444 e. The van der Waals surface area contributed by atoms with Crippen LogP contribution in [0.4, 0.5) is 10.5 Å². The van der Waals surface area contributed by atoms with E-state index in [4.69, 9.17) is 4.74 Å². The minimum atomic E-state index is -0.435. The van der Waals surface area contributed by atoms with Crippen molar-refractivity contribution in [1.82, 2.24) is 9.88 Å². The van der Waals surface area contributed by atoms with Gasteiger partial charge in [-0.15, -0.1) is 0 Å². The number of aryl methyl sites for hydroxylation is 1. The Kier molecular flexibility index (Phi) is 3.64. The molecule has 1 amide bonds. The van der Waals surface area contributed by atoms with Crippen LogP contribution in [-0.4, -0.2) is 40.7 Å². The van der Waals surface area contributed by atoms with E-state index in [1.165, 1.54) is 0 Å². The zero-order valence-electron chi connectivity index (χ0n) is 11.9. The third-order valence-electron chi connectivity index (χ3n) is 2.90. The number of likely N-dealkylation sites (tertiary alicyclic amines) is 1. The molecular formula is C14H21N3O2. The molecule has 0 atom stereocenters. The smallest absolute Gasteiger partial charge is 0.410 e. The molecule has 5 nitrogen and oxygen atoms in total. The predicted octanol–water partition coefficient (Wildman–Crippen LogP) is 2.42. The lowest BCUT2D eigenvalue weighted by atomic mass is 10.1. The summed E-state index contributed by atoms with van der Waals surface area (Å²) in [6, 6.07) is 4.17. The van der Waals surface area contributed by atoms with E-state index in [-0.39, 0.29) is 12.1 Å². The van der Waals surface area contributed by atoms with Crippen LogP contribution in [0.5, 0.6) is 0 Å². The van der Waals surface area contributed by atoms with Gasteiger partial charge in [0, 0.05) is 19.3 Å². The molecule has 0 bridgehead atoms. The van der Waals surface area contributed by atoms with Crippen molar-refractivity contribution in [3.05, 3.63) is 24.0 Å². The highest BCUT2D eigenvalue weighted by Gasteiger charge is 2.33. The number of hydrogen-bond donors (Lipinski definition) is 1. The molecule has 0 saturated carbocycles. The Bertz CT molecular complexity index is 462. The molecule has 5 heteroatoms. The molecule has 19 heavy (non-hydrogen) atoms. The molecule has 0 aliphatic carbocycles. The van der Waals surface area contributed by atoms with Gasteiger partial charge >= 0.3 is 6.09 Å². The average molecular weight is 263 g/mol. The summed E-state index contributed by atoms with van der Waals surface area (Å²) in [6.07, 6.45) is 1.53. The summed E-state index contributed by atoms with van der Waals surface area (Å²) in [5.74, 6) is 0. The quantitative estimate of drug-likeness (QED) is 0.890. The molecule has 2 heterocycles. The van der Waals surface area contributed by atoms with Gasteiger partial charge in [-0.3, -0.25) is 4.98 Å². The van der Waals surface area contributed by atoms with E-state index in [1.54, 1.807) is 11.1 Å². The van der Waals surface area contributed by atoms with Crippen molar-refractivity contribution in [3.8, 4) is 0 Å². The summed E-state index contributed by atoms with van der Waals surface area (Å²) in [6.45, 7) is 8.93. The second-order valence-corrected chi connectivity index (χ2v) is 5.86. The van der Waals surface area contributed by atoms with Gasteiger partial charge in [0.25, 0.3) is 0 Å². The number of aromatic nitrogens is 1. The number of anilines is 1. The number of pyridine rings is 1. The van der Waals surface area contributed by atoms with Crippen LogP contribution in [0.15, 0.2) is 18.3 Å². The molecule has 1 saturated heterocycles. The average Bonchev–Trinajstić information content (AvgIpc) is 2.22. The monoisotopic (exact) mass is 263 g/mol. The summed E-state index contributed by atoms with van der Waals surface area (Å²) < 4.78 is 5.31. The van der Waals surface area contributed by atoms with Crippen molar-refractivity contribution in [2.45, 2.75) is 39.3 Å². The number of nitrogens with one attached hydrogen (secondary N) is 1. The van der Waals surface area contributed by atoms with Crippen molar-refractivity contribution in [3.63, 3.8) is 0 Å². The molecule has 0 spiro atoms. The Balaban J connectivity index is 1.81. The first-order valence-electron chi connectivity index (χ1n) is 6.51. The van der Waals surface area contributed by atoms with Crippen molar-refractivity contribution < 1.29 is 9.53 Å². The van der Waals surface area contributed by atoms with E-state index in [0.29, 0.717) is 13.1 Å². The van der Waals surface area contributed by atoms with Crippen LogP contribution in [0, 0.1) is 6.92 Å². The maximum Gasteiger partial charge on any atom is 0.410 e. The fourth-order valence-electron chi connectivity index (χ4n) is 1.90. The highest BCUT2D eigenvalue weighted by molar-refractivity contribution is 5.69. The van der Waals surface area contributed by atoms with Gasteiger partial charge in [-0.05, 0) is 39.8 Å². The van der Waals surface area contributed by atoms with Crippen LogP contribution in [0.3, 0.4) is 0 Å². The molecule has 1 aromatic rings. The lowest BCUT2D eigenvalue weighted by Crippen LogP contribution is -2.58. The van der Waals surface area contributed by atoms with E-state index >= 15 is 0 Å². The summed E-state index contributed by atoms with van der Waals surface area (Å²) in [5.41, 5.74) is 1.56. The second kappa shape index (κ2) is 5.07. The molecule has 2 rings (SSSR count). The van der Waals surface area contributed by atoms with Crippen LogP contribution < -0.4 is 5.32 Å². The number of carbonyl (C=O) groups excluding carboxylic acids is 1. The molecule has 1 aliphatic rings. The van der Waals surface area contributed by atoms with E-state index < -0.39 is 5.60 Å². The zero-order chi connectivity index (χ0) is 14.0. The van der Waals surface area contributed by atoms with E-state index in [0.717, 1.165) is 11.4 Å². The maximum absolute atomic E-state index is 11.8. The van der Waals surface area contributed by atoms with E-state index in [2.05, 4.69) is 10.3 Å². The first kappa shape index (κ1) is 13.6. The van der Waals surface area contributed by atoms with Crippen molar-refractivity contribution in [1.29, 1.82) is 0 Å². The van der Waals surface area contributed by atoms with Gasteiger partial charge in [-0.1, -0.05) is 0 Å². The zero-order valence-corrected chi connectivity index (χ0v) is 11.9. The van der Waals surface area contributed by atoms with Crippen LogP contribution in [0.2, 0.25) is 0 Å². The Morgan fingerprint density at radius 3 is 2.74 bits per heavy atom. The lowest BCUT2D eigenvalue weighted by molar-refractivity contribution is 0.0105. The topological polar surface area (TPSA) is 54.5 Å². The Labute approximate surface area is 114 Å². The van der Waals surface area contributed by atoms with Gasteiger partial charge in [-0.25, -0.2) is 4.79 Å². The Morgan fingerprint density at radius 1 is 1.47 bits per heavy atom. The van der Waals surface area contributed by atoms with Crippen LogP contribution in [0.1, 0.15) is 26.5 Å². The number of hydrogen-bond acceptors (Lipinski definition) is 4. The van der Waals surface area contributed by atoms with Gasteiger partial charge in [-0.2, -0.15) is 0 Å². The third kappa shape index (κ3) is 3.59. The molecular weight excluding hydrogens is 242 g/mol. The van der Waals surface area contributed by atoms with Gasteiger partial charge in [0.1, 0.15) is 5.60 Å². The van der Waals surface area contributed by atoms with Crippen molar-refractivity contribution in [2.75, 3.05) is 18.4 Å². The molecule has 1 aliphatic heterocycles. The van der Waals surface area contributed by atoms with E-state index in [9.17, 15) is 4.79 Å². The maximum atomic E-state index is 11.8. The largest absolute Gasteiger partial charge is 0.444 e. The normalized spacial score (nSPS) is 15.9. The molecule has 0 radical (unpaired) electrons. The van der Waals surface area contributed by atoms with Crippen molar-refractivity contribution >= 4 is 11.8 Å². The predicted molar refractivity (Wildman–Crippen MR) is 74.2 cm³/mol. The Morgan fingerprint density at radius 2 is 2.16 bits per heavy atom. The minimum absolute atomic E-state index is 0.242. The SMILES string of the molecule is Cc1ncccc1NC1CN(C(=O)OC(C)(C)C)C1. The summed E-state index contributed by atoms with van der Waals surface area (Å²) >= 11 is 0. The molecule has 0 aromatic carbocycles. The van der Waals surface area contributed by atoms with Crippen LogP contribution in [-0.2, 0) is 4.74 Å². The van der Waals surface area contributed by atoms with Crippen LogP contribution in [0.25, 0.3) is 0 Å². The van der Waals surface area contributed by atoms with Gasteiger partial charge in [0.2, 0.25) is 0 Å². The fraction of sp³-hybridized carbons (Fsp3) is 0.571. The molecule has 104 valence electrons. The molecule has 1 aromatic heterocycles. The number of amides is 1. The highest BCUT2D eigenvalue weighted by Crippen LogP contribution is 2.19. The first-order valence-corrected chi connectivity index (χ1v) is 6.51. The number of rotatable bonds is 2. The number of carbonyl (C=O) groups is 1. The standard InChI is InChI=1S/C14H21N3O2/c1-10-12(6-5-7-15-10)16-11-8-17(9-11)13(18)19-14(2,3)4/h5-7,11,16H,8-9H2,1-4H3. The highest BCUT2D eigenvalue weighted by atomic mass is 16.6. The van der Waals surface area contributed by atoms with E-state index in [1.807, 2.05) is 39.8 Å². The van der Waals surface area contributed by atoms with Gasteiger partial charge in [0.05, 0.1) is 17.4 Å². The first-order chi connectivity index (χ1) is 8.85.